The van der Waals surface area contributed by atoms with Crippen LogP contribution in [0.2, 0.25) is 0 Å². The minimum Gasteiger partial charge on any atom is -0.332 e. The number of nitriles is 1. The summed E-state index contributed by atoms with van der Waals surface area (Å²) in [7, 11) is 0. The topological polar surface area (TPSA) is 65.8 Å². The summed E-state index contributed by atoms with van der Waals surface area (Å²) in [5.41, 5.74) is 0.894. The predicted molar refractivity (Wildman–Crippen MR) is 66.5 cm³/mol. The third-order valence-electron chi connectivity index (χ3n) is 2.53. The molecule has 1 heterocycles. The smallest absolute Gasteiger partial charge is 0.254 e. The summed E-state index contributed by atoms with van der Waals surface area (Å²) < 4.78 is 12.6. The number of nitrogens with one attached hydrogen (secondary N) is 1. The fourth-order valence-corrected chi connectivity index (χ4v) is 1.56. The van der Waals surface area contributed by atoms with Crippen molar-refractivity contribution in [2.24, 2.45) is 0 Å². The van der Waals surface area contributed by atoms with Crippen molar-refractivity contribution in [3.8, 4) is 6.07 Å². The lowest BCUT2D eigenvalue weighted by molar-refractivity contribution is 0.0944. The maximum absolute atomic E-state index is 12.6. The number of halogens is 1. The van der Waals surface area contributed by atoms with Gasteiger partial charge in [-0.05, 0) is 17.7 Å². The fourth-order valence-electron chi connectivity index (χ4n) is 1.56. The molecule has 0 spiro atoms. The minimum absolute atomic E-state index is 0.206. The van der Waals surface area contributed by atoms with Gasteiger partial charge in [0.1, 0.15) is 6.04 Å². The molecule has 2 aromatic rings. The average molecular weight is 255 g/mol. The van der Waals surface area contributed by atoms with E-state index >= 15 is 0 Å². The van der Waals surface area contributed by atoms with Gasteiger partial charge in [-0.1, -0.05) is 30.3 Å². The van der Waals surface area contributed by atoms with Crippen molar-refractivity contribution in [1.29, 1.82) is 5.26 Å². The molecule has 19 heavy (non-hydrogen) atoms. The first-order valence-corrected chi connectivity index (χ1v) is 5.57. The first-order valence-electron chi connectivity index (χ1n) is 5.57. The molecule has 0 aliphatic carbocycles. The number of nitrogens with zero attached hydrogens (tertiary/aromatic N) is 2. The van der Waals surface area contributed by atoms with Gasteiger partial charge in [-0.25, -0.2) is 4.98 Å². The van der Waals surface area contributed by atoms with E-state index in [0.29, 0.717) is 5.56 Å². The molecule has 1 atom stereocenters. The summed E-state index contributed by atoms with van der Waals surface area (Å²) in [6, 6.07) is 12.5. The molecule has 2 rings (SSSR count). The summed E-state index contributed by atoms with van der Waals surface area (Å²) in [5, 5.41) is 11.6. The number of aromatic nitrogens is 1. The quantitative estimate of drug-likeness (QED) is 0.855. The van der Waals surface area contributed by atoms with Crippen molar-refractivity contribution in [3.63, 3.8) is 0 Å². The molecular formula is C14H10FN3O. The first-order chi connectivity index (χ1) is 9.20. The molecule has 5 heteroatoms. The molecule has 1 N–H and O–H groups in total. The molecule has 1 aromatic carbocycles. The maximum Gasteiger partial charge on any atom is 0.254 e. The highest BCUT2D eigenvalue weighted by atomic mass is 19.1. The van der Waals surface area contributed by atoms with Gasteiger partial charge < -0.3 is 5.32 Å². The molecule has 0 aliphatic rings. The molecule has 1 aromatic heterocycles. The molecule has 4 nitrogen and oxygen atoms in total. The Bertz CT molecular complexity index is 605. The Hall–Kier alpha value is -2.74. The van der Waals surface area contributed by atoms with Crippen LogP contribution in [-0.4, -0.2) is 10.9 Å². The van der Waals surface area contributed by atoms with Crippen LogP contribution in [0.3, 0.4) is 0 Å². The van der Waals surface area contributed by atoms with Gasteiger partial charge in [0.25, 0.3) is 5.91 Å². The molecule has 1 amide bonds. The van der Waals surface area contributed by atoms with Gasteiger partial charge in [0, 0.05) is 6.20 Å². The summed E-state index contributed by atoms with van der Waals surface area (Å²) >= 11 is 0. The van der Waals surface area contributed by atoms with E-state index in [1.54, 1.807) is 24.3 Å². The first kappa shape index (κ1) is 12.7. The van der Waals surface area contributed by atoms with Crippen LogP contribution in [0.4, 0.5) is 4.39 Å². The number of hydrogen-bond acceptors (Lipinski definition) is 3. The van der Waals surface area contributed by atoms with Crippen LogP contribution in [0.5, 0.6) is 0 Å². The van der Waals surface area contributed by atoms with E-state index in [1.807, 2.05) is 12.1 Å². The van der Waals surface area contributed by atoms with Gasteiger partial charge in [0.15, 0.2) is 0 Å². The van der Waals surface area contributed by atoms with Gasteiger partial charge in [0.05, 0.1) is 11.6 Å². The van der Waals surface area contributed by atoms with Crippen LogP contribution in [-0.2, 0) is 0 Å². The van der Waals surface area contributed by atoms with Crippen molar-refractivity contribution in [3.05, 3.63) is 65.7 Å². The number of carbonyl (C=O) groups excluding carboxylic acids is 1. The Kier molecular flexibility index (Phi) is 3.84. The molecular weight excluding hydrogens is 245 g/mol. The molecule has 0 saturated carbocycles. The molecule has 0 aliphatic heterocycles. The van der Waals surface area contributed by atoms with Crippen LogP contribution < -0.4 is 5.32 Å². The van der Waals surface area contributed by atoms with Gasteiger partial charge in [-0.15, -0.1) is 0 Å². The SMILES string of the molecule is N#CC(NC(=O)c1ccc(F)nc1)c1ccccc1. The van der Waals surface area contributed by atoms with Gasteiger partial charge in [0.2, 0.25) is 5.95 Å². The molecule has 0 saturated heterocycles. The minimum atomic E-state index is -0.751. The monoisotopic (exact) mass is 255 g/mol. The number of pyridine rings is 1. The zero-order valence-electron chi connectivity index (χ0n) is 9.88. The van der Waals surface area contributed by atoms with Crippen LogP contribution in [0.15, 0.2) is 48.7 Å². The average Bonchev–Trinajstić information content (AvgIpc) is 2.46. The van der Waals surface area contributed by atoms with E-state index in [-0.39, 0.29) is 5.56 Å². The second-order valence-electron chi connectivity index (χ2n) is 3.82. The van der Waals surface area contributed by atoms with E-state index < -0.39 is 17.9 Å². The van der Waals surface area contributed by atoms with Crippen LogP contribution in [0.1, 0.15) is 22.0 Å². The van der Waals surface area contributed by atoms with E-state index in [1.165, 1.54) is 6.07 Å². The van der Waals surface area contributed by atoms with Crippen molar-refractivity contribution in [2.75, 3.05) is 0 Å². The largest absolute Gasteiger partial charge is 0.332 e. The third-order valence-corrected chi connectivity index (χ3v) is 2.53. The number of rotatable bonds is 3. The highest BCUT2D eigenvalue weighted by Gasteiger charge is 2.14. The molecule has 0 radical (unpaired) electrons. The second kappa shape index (κ2) is 5.74. The van der Waals surface area contributed by atoms with Crippen molar-refractivity contribution >= 4 is 5.91 Å². The zero-order chi connectivity index (χ0) is 13.7. The highest BCUT2D eigenvalue weighted by molar-refractivity contribution is 5.94. The summed E-state index contributed by atoms with van der Waals surface area (Å²) in [5.74, 6) is -1.13. The van der Waals surface area contributed by atoms with Gasteiger partial charge in [-0.2, -0.15) is 9.65 Å². The number of benzene rings is 1. The van der Waals surface area contributed by atoms with Gasteiger partial charge in [-0.3, -0.25) is 4.79 Å². The van der Waals surface area contributed by atoms with E-state index in [2.05, 4.69) is 10.3 Å². The van der Waals surface area contributed by atoms with Crippen LogP contribution >= 0.6 is 0 Å². The molecule has 0 bridgehead atoms. The van der Waals surface area contributed by atoms with E-state index in [4.69, 9.17) is 5.26 Å². The highest BCUT2D eigenvalue weighted by Crippen LogP contribution is 2.12. The summed E-state index contributed by atoms with van der Waals surface area (Å²) in [4.78, 5) is 15.3. The Morgan fingerprint density at radius 2 is 2.00 bits per heavy atom. The summed E-state index contributed by atoms with van der Waals surface area (Å²) in [6.07, 6.45) is 1.13. The fraction of sp³-hybridized carbons (Fsp3) is 0.0714. The molecule has 94 valence electrons. The van der Waals surface area contributed by atoms with Crippen molar-refractivity contribution in [1.82, 2.24) is 10.3 Å². The van der Waals surface area contributed by atoms with Crippen molar-refractivity contribution in [2.45, 2.75) is 6.04 Å². The van der Waals surface area contributed by atoms with Crippen molar-refractivity contribution < 1.29 is 9.18 Å². The van der Waals surface area contributed by atoms with E-state index in [9.17, 15) is 9.18 Å². The Balaban J connectivity index is 2.13. The number of carbonyl (C=O) groups is 1. The summed E-state index contributed by atoms with van der Waals surface area (Å²) in [6.45, 7) is 0. The molecule has 0 fully saturated rings. The predicted octanol–water partition coefficient (Wildman–Crippen LogP) is 2.22. The standard InChI is InChI=1S/C14H10FN3O/c15-13-7-6-11(9-17-13)14(19)18-12(8-16)10-4-2-1-3-5-10/h1-7,9,12H,(H,18,19). The lowest BCUT2D eigenvalue weighted by Crippen LogP contribution is -2.27. The maximum atomic E-state index is 12.6. The molecule has 1 unspecified atom stereocenters. The lowest BCUT2D eigenvalue weighted by atomic mass is 10.1. The van der Waals surface area contributed by atoms with Gasteiger partial charge >= 0.3 is 0 Å². The number of amides is 1. The van der Waals surface area contributed by atoms with Crippen LogP contribution in [0.25, 0.3) is 0 Å². The normalized spacial score (nSPS) is 11.4. The van der Waals surface area contributed by atoms with Crippen LogP contribution in [0, 0.1) is 17.3 Å². The number of hydrogen-bond donors (Lipinski definition) is 1. The Morgan fingerprint density at radius 1 is 1.26 bits per heavy atom. The lowest BCUT2D eigenvalue weighted by Gasteiger charge is -2.11. The third kappa shape index (κ3) is 3.13. The van der Waals surface area contributed by atoms with E-state index in [0.717, 1.165) is 12.3 Å². The zero-order valence-corrected chi connectivity index (χ0v) is 9.88. The second-order valence-corrected chi connectivity index (χ2v) is 3.82. The Labute approximate surface area is 109 Å². The Morgan fingerprint density at radius 3 is 2.58 bits per heavy atom.